The largest absolute Gasteiger partial charge is 0.418 e. The number of carbonyl (C=O) groups is 1. The lowest BCUT2D eigenvalue weighted by Gasteiger charge is -2.20. The van der Waals surface area contributed by atoms with Crippen molar-refractivity contribution in [1.82, 2.24) is 15.5 Å². The molecule has 0 spiro atoms. The topological polar surface area (TPSA) is 68.0 Å². The summed E-state index contributed by atoms with van der Waals surface area (Å²) in [5.41, 5.74) is 3.33. The molecule has 5 nitrogen and oxygen atoms in total. The molecule has 0 aliphatic rings. The molecule has 0 saturated carbocycles. The first-order valence-electron chi connectivity index (χ1n) is 10.4. The van der Waals surface area contributed by atoms with E-state index < -0.39 is 6.04 Å². The van der Waals surface area contributed by atoms with Crippen molar-refractivity contribution in [3.63, 3.8) is 0 Å². The fourth-order valence-electron chi connectivity index (χ4n) is 3.33. The van der Waals surface area contributed by atoms with E-state index in [9.17, 15) is 4.79 Å². The smallest absolute Gasteiger partial charge is 0.252 e. The van der Waals surface area contributed by atoms with Crippen LogP contribution in [0.2, 0.25) is 5.02 Å². The second-order valence-electron chi connectivity index (χ2n) is 8.60. The van der Waals surface area contributed by atoms with E-state index in [1.165, 1.54) is 0 Å². The van der Waals surface area contributed by atoms with Crippen molar-refractivity contribution in [2.45, 2.75) is 32.2 Å². The molecule has 0 unspecified atom stereocenters. The summed E-state index contributed by atoms with van der Waals surface area (Å²) < 4.78 is 5.95. The number of nitrogens with zero attached hydrogens (tertiary/aromatic N) is 2. The number of hydrogen-bond acceptors (Lipinski definition) is 4. The molecule has 162 valence electrons. The molecule has 0 aliphatic carbocycles. The summed E-state index contributed by atoms with van der Waals surface area (Å²) in [6, 6.07) is 23.7. The summed E-state index contributed by atoms with van der Waals surface area (Å²) in [6.45, 7) is 6.41. The highest BCUT2D eigenvalue weighted by Crippen LogP contribution is 2.27. The summed E-state index contributed by atoms with van der Waals surface area (Å²) in [6.07, 6.45) is 0. The average Bonchev–Trinajstić information content (AvgIpc) is 3.28. The lowest BCUT2D eigenvalue weighted by Crippen LogP contribution is -2.29. The highest BCUT2D eigenvalue weighted by Gasteiger charge is 2.24. The minimum Gasteiger partial charge on any atom is -0.418 e. The number of nitrogens with one attached hydrogen (secondary N) is 1. The third-order valence-electron chi connectivity index (χ3n) is 5.20. The normalized spacial score (nSPS) is 12.4. The molecule has 1 heterocycles. The summed E-state index contributed by atoms with van der Waals surface area (Å²) in [4.78, 5) is 13.1. The number of benzene rings is 3. The number of amides is 1. The Hall–Kier alpha value is -3.44. The molecule has 0 aliphatic heterocycles. The standard InChI is InChI=1S/C26H24ClN3O2/c1-26(2,3)20-13-9-18(10-14-20)23(31)28-22(17-11-15-21(27)16-12-17)25-30-29-24(32-25)19-7-5-4-6-8-19/h4-16,22H,1-3H3,(H,28,31)/t22-/m0/s1. The molecule has 1 atom stereocenters. The van der Waals surface area contributed by atoms with Gasteiger partial charge in [-0.3, -0.25) is 4.79 Å². The molecular weight excluding hydrogens is 422 g/mol. The van der Waals surface area contributed by atoms with E-state index in [1.54, 1.807) is 12.1 Å². The van der Waals surface area contributed by atoms with E-state index in [-0.39, 0.29) is 11.3 Å². The Morgan fingerprint density at radius 1 is 0.906 bits per heavy atom. The second kappa shape index (κ2) is 8.97. The molecule has 0 bridgehead atoms. The van der Waals surface area contributed by atoms with E-state index in [0.717, 1.165) is 16.7 Å². The average molecular weight is 446 g/mol. The van der Waals surface area contributed by atoms with Crippen molar-refractivity contribution in [2.75, 3.05) is 0 Å². The molecule has 4 aromatic rings. The van der Waals surface area contributed by atoms with Crippen molar-refractivity contribution in [2.24, 2.45) is 0 Å². The van der Waals surface area contributed by atoms with Crippen LogP contribution in [-0.4, -0.2) is 16.1 Å². The van der Waals surface area contributed by atoms with E-state index in [2.05, 4.69) is 36.3 Å². The first-order valence-corrected chi connectivity index (χ1v) is 10.7. The lowest BCUT2D eigenvalue weighted by atomic mass is 9.86. The van der Waals surface area contributed by atoms with Gasteiger partial charge in [-0.2, -0.15) is 0 Å². The predicted molar refractivity (Wildman–Crippen MR) is 126 cm³/mol. The molecule has 1 aromatic heterocycles. The number of carbonyl (C=O) groups excluding carboxylic acids is 1. The Morgan fingerprint density at radius 2 is 1.56 bits per heavy atom. The number of aromatic nitrogens is 2. The lowest BCUT2D eigenvalue weighted by molar-refractivity contribution is 0.0938. The third kappa shape index (κ3) is 4.89. The Kier molecular flexibility index (Phi) is 6.10. The molecule has 32 heavy (non-hydrogen) atoms. The van der Waals surface area contributed by atoms with Gasteiger partial charge in [0.2, 0.25) is 11.8 Å². The highest BCUT2D eigenvalue weighted by atomic mass is 35.5. The van der Waals surface area contributed by atoms with Crippen LogP contribution in [-0.2, 0) is 5.41 Å². The minimum absolute atomic E-state index is 0.0123. The molecule has 0 saturated heterocycles. The molecule has 4 rings (SSSR count). The van der Waals surface area contributed by atoms with Crippen LogP contribution in [0.3, 0.4) is 0 Å². The molecule has 3 aromatic carbocycles. The molecule has 0 radical (unpaired) electrons. The molecule has 0 fully saturated rings. The van der Waals surface area contributed by atoms with Crippen LogP contribution in [0, 0.1) is 0 Å². The van der Waals surface area contributed by atoms with Crippen LogP contribution in [0.25, 0.3) is 11.5 Å². The summed E-state index contributed by atoms with van der Waals surface area (Å²) >= 11 is 6.06. The van der Waals surface area contributed by atoms with Crippen molar-refractivity contribution in [3.05, 3.63) is 106 Å². The van der Waals surface area contributed by atoms with Crippen molar-refractivity contribution in [1.29, 1.82) is 0 Å². The number of hydrogen-bond donors (Lipinski definition) is 1. The van der Waals surface area contributed by atoms with Gasteiger partial charge in [0.05, 0.1) is 0 Å². The van der Waals surface area contributed by atoms with Gasteiger partial charge in [0.15, 0.2) is 0 Å². The van der Waals surface area contributed by atoms with Gasteiger partial charge in [0.25, 0.3) is 5.91 Å². The van der Waals surface area contributed by atoms with Gasteiger partial charge in [0.1, 0.15) is 6.04 Å². The quantitative estimate of drug-likeness (QED) is 0.396. The fourth-order valence-corrected chi connectivity index (χ4v) is 3.45. The van der Waals surface area contributed by atoms with Crippen LogP contribution in [0.15, 0.2) is 83.3 Å². The van der Waals surface area contributed by atoms with Gasteiger partial charge in [0, 0.05) is 16.1 Å². The van der Waals surface area contributed by atoms with Gasteiger partial charge in [-0.25, -0.2) is 0 Å². The molecule has 1 N–H and O–H groups in total. The minimum atomic E-state index is -0.618. The highest BCUT2D eigenvalue weighted by molar-refractivity contribution is 6.30. The van der Waals surface area contributed by atoms with Crippen LogP contribution < -0.4 is 5.32 Å². The zero-order valence-electron chi connectivity index (χ0n) is 18.2. The number of halogens is 1. The second-order valence-corrected chi connectivity index (χ2v) is 9.03. The zero-order valence-corrected chi connectivity index (χ0v) is 18.9. The SMILES string of the molecule is CC(C)(C)c1ccc(C(=O)N[C@@H](c2ccc(Cl)cc2)c2nnc(-c3ccccc3)o2)cc1. The summed E-state index contributed by atoms with van der Waals surface area (Å²) in [5.74, 6) is 0.457. The van der Waals surface area contributed by atoms with Gasteiger partial charge >= 0.3 is 0 Å². The van der Waals surface area contributed by atoms with Gasteiger partial charge in [-0.15, -0.1) is 10.2 Å². The van der Waals surface area contributed by atoms with Crippen LogP contribution in [0.5, 0.6) is 0 Å². The van der Waals surface area contributed by atoms with Gasteiger partial charge in [-0.05, 0) is 52.9 Å². The predicted octanol–water partition coefficient (Wildman–Crippen LogP) is 6.21. The maximum atomic E-state index is 13.1. The monoisotopic (exact) mass is 445 g/mol. The maximum Gasteiger partial charge on any atom is 0.252 e. The summed E-state index contributed by atoms with van der Waals surface area (Å²) in [7, 11) is 0. The van der Waals surface area contributed by atoms with Crippen molar-refractivity contribution >= 4 is 17.5 Å². The Bertz CT molecular complexity index is 1190. The van der Waals surface area contributed by atoms with Gasteiger partial charge < -0.3 is 9.73 Å². The first-order chi connectivity index (χ1) is 15.3. The van der Waals surface area contributed by atoms with Crippen LogP contribution in [0.1, 0.15) is 54.2 Å². The fraction of sp³-hybridized carbons (Fsp3) is 0.192. The van der Waals surface area contributed by atoms with E-state index in [4.69, 9.17) is 16.0 Å². The van der Waals surface area contributed by atoms with E-state index in [0.29, 0.717) is 22.4 Å². The molecule has 1 amide bonds. The summed E-state index contributed by atoms with van der Waals surface area (Å²) in [5, 5.41) is 12.0. The van der Waals surface area contributed by atoms with Crippen LogP contribution in [0.4, 0.5) is 0 Å². The van der Waals surface area contributed by atoms with Crippen molar-refractivity contribution < 1.29 is 9.21 Å². The Labute approximate surface area is 192 Å². The Balaban J connectivity index is 1.64. The van der Waals surface area contributed by atoms with E-state index in [1.807, 2.05) is 66.7 Å². The molecule has 6 heteroatoms. The van der Waals surface area contributed by atoms with Crippen LogP contribution >= 0.6 is 11.6 Å². The van der Waals surface area contributed by atoms with E-state index >= 15 is 0 Å². The number of rotatable bonds is 5. The first kappa shape index (κ1) is 21.8. The zero-order chi connectivity index (χ0) is 22.7. The molecular formula is C26H24ClN3O2. The third-order valence-corrected chi connectivity index (χ3v) is 5.45. The van der Waals surface area contributed by atoms with Crippen molar-refractivity contribution in [3.8, 4) is 11.5 Å². The maximum absolute atomic E-state index is 13.1. The Morgan fingerprint density at radius 3 is 2.19 bits per heavy atom. The van der Waals surface area contributed by atoms with Gasteiger partial charge in [-0.1, -0.05) is 74.8 Å².